The number of nitrogens with one attached hydrogen (secondary N) is 1. The Morgan fingerprint density at radius 2 is 2.04 bits per heavy atom. The third kappa shape index (κ3) is 3.77. The minimum Gasteiger partial charge on any atom is -0.377 e. The van der Waals surface area contributed by atoms with Gasteiger partial charge < -0.3 is 9.47 Å². The zero-order chi connectivity index (χ0) is 17.3. The van der Waals surface area contributed by atoms with Crippen LogP contribution in [0.25, 0.3) is 0 Å². The van der Waals surface area contributed by atoms with Crippen molar-refractivity contribution in [1.82, 2.24) is 23.8 Å². The average molecular weight is 359 g/mol. The zero-order valence-corrected chi connectivity index (χ0v) is 15.1. The molecule has 1 aromatic rings. The van der Waals surface area contributed by atoms with E-state index in [2.05, 4.69) is 14.8 Å². The summed E-state index contributed by atoms with van der Waals surface area (Å²) in [5, 5.41) is 4.37. The number of hydrogen-bond donors (Lipinski definition) is 1. The molecule has 3 rings (SSSR count). The van der Waals surface area contributed by atoms with Gasteiger partial charge in [-0.1, -0.05) is 0 Å². The fraction of sp³-hybridized carbons (Fsp3) is 0.857. The Balaban J connectivity index is 1.76. The van der Waals surface area contributed by atoms with Gasteiger partial charge in [0, 0.05) is 26.7 Å². The number of fused-ring (bicyclic) bond motifs is 1. The molecule has 24 heavy (non-hydrogen) atoms. The Hall–Kier alpha value is -1.07. The summed E-state index contributed by atoms with van der Waals surface area (Å²) in [4.78, 5) is 4.44. The summed E-state index contributed by atoms with van der Waals surface area (Å²) < 4.78 is 42.2. The molecule has 0 amide bonds. The lowest BCUT2D eigenvalue weighted by Crippen LogP contribution is -2.52. The highest BCUT2D eigenvalue weighted by Gasteiger charge is 2.35. The van der Waals surface area contributed by atoms with Crippen LogP contribution in [0.1, 0.15) is 44.4 Å². The molecule has 0 saturated carbocycles. The molecular weight excluding hydrogens is 334 g/mol. The first-order chi connectivity index (χ1) is 11.4. The van der Waals surface area contributed by atoms with E-state index in [-0.39, 0.29) is 18.2 Å². The second-order valence-electron chi connectivity index (χ2n) is 6.43. The van der Waals surface area contributed by atoms with Crippen molar-refractivity contribution in [2.45, 2.75) is 58.1 Å². The first-order valence-electron chi connectivity index (χ1n) is 8.24. The Labute approximate surface area is 142 Å². The lowest BCUT2D eigenvalue weighted by Gasteiger charge is -2.35. The summed E-state index contributed by atoms with van der Waals surface area (Å²) in [5.41, 5.74) is 0. The van der Waals surface area contributed by atoms with Crippen molar-refractivity contribution in [2.24, 2.45) is 0 Å². The largest absolute Gasteiger partial charge is 0.377 e. The standard InChI is InChI=1S/C14H25N5O4S/c1-10-7-18(8-11(2)23-10)24(20,21)17-12-5-4-6-19-14(12)15-13(16-19)9-22-3/h10-12,17H,4-9H2,1-3H3/t10-,11-,12+/m1/s1. The molecule has 0 spiro atoms. The highest BCUT2D eigenvalue weighted by molar-refractivity contribution is 7.87. The number of nitrogens with zero attached hydrogens (tertiary/aromatic N) is 4. The van der Waals surface area contributed by atoms with E-state index < -0.39 is 10.2 Å². The molecule has 3 atom stereocenters. The summed E-state index contributed by atoms with van der Waals surface area (Å²) in [6.45, 7) is 5.54. The third-order valence-electron chi connectivity index (χ3n) is 4.21. The number of morpholine rings is 1. The Kier molecular flexibility index (Phi) is 5.21. The Morgan fingerprint density at radius 1 is 1.33 bits per heavy atom. The second-order valence-corrected chi connectivity index (χ2v) is 8.14. The van der Waals surface area contributed by atoms with Gasteiger partial charge in [-0.3, -0.25) is 0 Å². The monoisotopic (exact) mass is 359 g/mol. The van der Waals surface area contributed by atoms with Crippen molar-refractivity contribution in [3.8, 4) is 0 Å². The van der Waals surface area contributed by atoms with Gasteiger partial charge in [-0.2, -0.15) is 22.5 Å². The van der Waals surface area contributed by atoms with Crippen LogP contribution in [0.2, 0.25) is 0 Å². The molecule has 0 radical (unpaired) electrons. The van der Waals surface area contributed by atoms with Crippen molar-refractivity contribution in [2.75, 3.05) is 20.2 Å². The first-order valence-corrected chi connectivity index (χ1v) is 9.68. The molecule has 1 aromatic heterocycles. The molecule has 1 saturated heterocycles. The number of rotatable bonds is 5. The molecule has 0 aromatic carbocycles. The molecule has 2 aliphatic heterocycles. The Bertz CT molecular complexity index is 667. The van der Waals surface area contributed by atoms with E-state index >= 15 is 0 Å². The summed E-state index contributed by atoms with van der Waals surface area (Å²) in [7, 11) is -2.02. The average Bonchev–Trinajstić information content (AvgIpc) is 2.90. The van der Waals surface area contributed by atoms with Crippen LogP contribution < -0.4 is 4.72 Å². The van der Waals surface area contributed by atoms with E-state index in [1.54, 1.807) is 11.8 Å². The van der Waals surface area contributed by atoms with Gasteiger partial charge in [0.1, 0.15) is 12.4 Å². The molecule has 1 fully saturated rings. The molecule has 136 valence electrons. The number of ether oxygens (including phenoxy) is 2. The SMILES string of the molecule is COCc1nc2n(n1)CCC[C@@H]2NS(=O)(=O)N1C[C@@H](C)O[C@H](C)C1. The van der Waals surface area contributed by atoms with Crippen LogP contribution in [0.4, 0.5) is 0 Å². The van der Waals surface area contributed by atoms with Crippen molar-refractivity contribution in [1.29, 1.82) is 0 Å². The smallest absolute Gasteiger partial charge is 0.280 e. The van der Waals surface area contributed by atoms with Crippen LogP contribution in [0.3, 0.4) is 0 Å². The van der Waals surface area contributed by atoms with Gasteiger partial charge in [0.2, 0.25) is 0 Å². The molecule has 2 aliphatic rings. The maximum atomic E-state index is 12.8. The number of aryl methyl sites for hydroxylation is 1. The lowest BCUT2D eigenvalue weighted by molar-refractivity contribution is -0.0445. The minimum atomic E-state index is -3.60. The molecule has 1 N–H and O–H groups in total. The lowest BCUT2D eigenvalue weighted by atomic mass is 10.1. The summed E-state index contributed by atoms with van der Waals surface area (Å²) >= 11 is 0. The van der Waals surface area contributed by atoms with Gasteiger partial charge in [0.05, 0.1) is 18.2 Å². The number of aromatic nitrogens is 3. The molecule has 0 unspecified atom stereocenters. The van der Waals surface area contributed by atoms with E-state index in [4.69, 9.17) is 9.47 Å². The summed E-state index contributed by atoms with van der Waals surface area (Å²) in [6.07, 6.45) is 1.33. The predicted octanol–water partition coefficient (Wildman–Crippen LogP) is 0.203. The summed E-state index contributed by atoms with van der Waals surface area (Å²) in [6, 6.07) is -0.365. The van der Waals surface area contributed by atoms with E-state index in [1.807, 2.05) is 13.8 Å². The normalized spacial score (nSPS) is 28.7. The van der Waals surface area contributed by atoms with E-state index in [0.29, 0.717) is 37.8 Å². The highest BCUT2D eigenvalue weighted by Crippen LogP contribution is 2.25. The first kappa shape index (κ1) is 17.7. The molecule has 10 heteroatoms. The maximum Gasteiger partial charge on any atom is 0.280 e. The Morgan fingerprint density at radius 3 is 2.71 bits per heavy atom. The van der Waals surface area contributed by atoms with Crippen molar-refractivity contribution in [3.05, 3.63) is 11.6 Å². The van der Waals surface area contributed by atoms with Gasteiger partial charge in [-0.05, 0) is 26.7 Å². The quantitative estimate of drug-likeness (QED) is 0.807. The van der Waals surface area contributed by atoms with Crippen LogP contribution in [0, 0.1) is 0 Å². The maximum absolute atomic E-state index is 12.8. The number of hydrogen-bond acceptors (Lipinski definition) is 6. The van der Waals surface area contributed by atoms with Gasteiger partial charge in [0.25, 0.3) is 10.2 Å². The number of methoxy groups -OCH3 is 1. The van der Waals surface area contributed by atoms with Crippen LogP contribution in [-0.2, 0) is 32.8 Å². The topological polar surface area (TPSA) is 98.6 Å². The molecule has 0 bridgehead atoms. The van der Waals surface area contributed by atoms with E-state index in [9.17, 15) is 8.42 Å². The van der Waals surface area contributed by atoms with Crippen molar-refractivity contribution >= 4 is 10.2 Å². The second kappa shape index (κ2) is 7.04. The molecule has 0 aliphatic carbocycles. The van der Waals surface area contributed by atoms with E-state index in [1.165, 1.54) is 4.31 Å². The molecule has 3 heterocycles. The van der Waals surface area contributed by atoms with Crippen molar-refractivity contribution in [3.63, 3.8) is 0 Å². The predicted molar refractivity (Wildman–Crippen MR) is 86.3 cm³/mol. The fourth-order valence-electron chi connectivity index (χ4n) is 3.28. The fourth-order valence-corrected chi connectivity index (χ4v) is 4.83. The van der Waals surface area contributed by atoms with Crippen LogP contribution >= 0.6 is 0 Å². The zero-order valence-electron chi connectivity index (χ0n) is 14.3. The minimum absolute atomic E-state index is 0.117. The van der Waals surface area contributed by atoms with Gasteiger partial charge in [-0.25, -0.2) is 9.67 Å². The van der Waals surface area contributed by atoms with Crippen molar-refractivity contribution < 1.29 is 17.9 Å². The van der Waals surface area contributed by atoms with Gasteiger partial charge in [0.15, 0.2) is 5.82 Å². The summed E-state index contributed by atoms with van der Waals surface area (Å²) in [5.74, 6) is 1.23. The molecule has 9 nitrogen and oxygen atoms in total. The molecular formula is C14H25N5O4S. The van der Waals surface area contributed by atoms with Crippen LogP contribution in [0.15, 0.2) is 0 Å². The van der Waals surface area contributed by atoms with E-state index in [0.717, 1.165) is 13.0 Å². The van der Waals surface area contributed by atoms with Crippen LogP contribution in [-0.4, -0.2) is 59.9 Å². The van der Waals surface area contributed by atoms with Crippen LogP contribution in [0.5, 0.6) is 0 Å². The van der Waals surface area contributed by atoms with Gasteiger partial charge in [-0.15, -0.1) is 0 Å². The third-order valence-corrected chi connectivity index (χ3v) is 5.77. The van der Waals surface area contributed by atoms with Gasteiger partial charge >= 0.3 is 0 Å². The highest BCUT2D eigenvalue weighted by atomic mass is 32.2.